The normalized spacial score (nSPS) is 23.8. The molecule has 6 nitrogen and oxygen atoms in total. The van der Waals surface area contributed by atoms with Crippen molar-refractivity contribution < 1.29 is 19.4 Å². The van der Waals surface area contributed by atoms with Crippen LogP contribution in [-0.4, -0.2) is 36.4 Å². The average molecular weight is 336 g/mol. The van der Waals surface area contributed by atoms with Gasteiger partial charge < -0.3 is 25.6 Å². The quantitative estimate of drug-likeness (QED) is 0.733. The second kappa shape index (κ2) is 8.35. The van der Waals surface area contributed by atoms with Crippen molar-refractivity contribution in [2.24, 2.45) is 11.7 Å². The number of hydrogen-bond donors (Lipinski definition) is 3. The van der Waals surface area contributed by atoms with Gasteiger partial charge in [0.15, 0.2) is 11.5 Å². The van der Waals surface area contributed by atoms with E-state index in [0.29, 0.717) is 37.3 Å². The fourth-order valence-corrected chi connectivity index (χ4v) is 2.92. The molecule has 1 aromatic rings. The number of nitrogens with two attached hydrogens (primary N) is 1. The number of amides is 1. The van der Waals surface area contributed by atoms with Crippen molar-refractivity contribution in [3.63, 3.8) is 0 Å². The standard InChI is InChI=1S/C18H28N2O4/c1-11(2)24-16-7-4-12(8-17(16)23-3)10-20-18(22)13-5-6-14(19)15(21)9-13/h4,7-8,11,13-15,21H,5-6,9-10,19H2,1-3H3,(H,20,22)/t13-,14+,15+/m0/s1. The first-order chi connectivity index (χ1) is 11.4. The summed E-state index contributed by atoms with van der Waals surface area (Å²) in [5, 5.41) is 12.7. The van der Waals surface area contributed by atoms with Crippen molar-refractivity contribution in [2.45, 2.75) is 57.9 Å². The van der Waals surface area contributed by atoms with Gasteiger partial charge in [0.1, 0.15) is 0 Å². The fourth-order valence-electron chi connectivity index (χ4n) is 2.92. The molecule has 0 aliphatic heterocycles. The highest BCUT2D eigenvalue weighted by Crippen LogP contribution is 2.29. The van der Waals surface area contributed by atoms with Crippen molar-refractivity contribution in [1.29, 1.82) is 0 Å². The number of carbonyl (C=O) groups is 1. The van der Waals surface area contributed by atoms with E-state index in [1.165, 1.54) is 0 Å². The summed E-state index contributed by atoms with van der Waals surface area (Å²) in [5.41, 5.74) is 6.71. The SMILES string of the molecule is COc1cc(CNC(=O)[C@H]2CC[C@@H](N)[C@H](O)C2)ccc1OC(C)C. The third-order valence-electron chi connectivity index (χ3n) is 4.30. The lowest BCUT2D eigenvalue weighted by Gasteiger charge is -2.29. The van der Waals surface area contributed by atoms with Crippen molar-refractivity contribution in [3.8, 4) is 11.5 Å². The Hall–Kier alpha value is -1.79. The molecule has 0 spiro atoms. The van der Waals surface area contributed by atoms with Crippen LogP contribution in [0.1, 0.15) is 38.7 Å². The zero-order valence-electron chi connectivity index (χ0n) is 14.6. The van der Waals surface area contributed by atoms with E-state index >= 15 is 0 Å². The highest BCUT2D eigenvalue weighted by molar-refractivity contribution is 5.78. The van der Waals surface area contributed by atoms with Crippen molar-refractivity contribution in [3.05, 3.63) is 23.8 Å². The summed E-state index contributed by atoms with van der Waals surface area (Å²) >= 11 is 0. The largest absolute Gasteiger partial charge is 0.493 e. The van der Waals surface area contributed by atoms with Crippen molar-refractivity contribution in [1.82, 2.24) is 5.32 Å². The minimum atomic E-state index is -0.595. The Bertz CT molecular complexity index is 562. The van der Waals surface area contributed by atoms with Crippen molar-refractivity contribution in [2.75, 3.05) is 7.11 Å². The molecule has 0 bridgehead atoms. The van der Waals surface area contributed by atoms with Gasteiger partial charge in [-0.2, -0.15) is 0 Å². The van der Waals surface area contributed by atoms with Crippen LogP contribution in [0.25, 0.3) is 0 Å². The Morgan fingerprint density at radius 3 is 2.75 bits per heavy atom. The van der Waals surface area contributed by atoms with Gasteiger partial charge in [0, 0.05) is 18.5 Å². The minimum Gasteiger partial charge on any atom is -0.493 e. The lowest BCUT2D eigenvalue weighted by molar-refractivity contribution is -0.127. The number of rotatable bonds is 6. The van der Waals surface area contributed by atoms with E-state index in [1.54, 1.807) is 7.11 Å². The van der Waals surface area contributed by atoms with Crippen LogP contribution in [0.4, 0.5) is 0 Å². The molecule has 134 valence electrons. The first-order valence-corrected chi connectivity index (χ1v) is 8.45. The fraction of sp³-hybridized carbons (Fsp3) is 0.611. The Kier molecular flexibility index (Phi) is 6.45. The highest BCUT2D eigenvalue weighted by atomic mass is 16.5. The van der Waals surface area contributed by atoms with E-state index in [-0.39, 0.29) is 24.0 Å². The summed E-state index contributed by atoms with van der Waals surface area (Å²) in [5.74, 6) is 1.12. The molecule has 1 saturated carbocycles. The highest BCUT2D eigenvalue weighted by Gasteiger charge is 2.30. The van der Waals surface area contributed by atoms with E-state index in [2.05, 4.69) is 5.32 Å². The molecule has 0 radical (unpaired) electrons. The van der Waals surface area contributed by atoms with Crippen LogP contribution in [0.5, 0.6) is 11.5 Å². The molecule has 0 unspecified atom stereocenters. The molecule has 4 N–H and O–H groups in total. The maximum absolute atomic E-state index is 12.3. The van der Waals surface area contributed by atoms with Gasteiger partial charge >= 0.3 is 0 Å². The molecule has 3 atom stereocenters. The van der Waals surface area contributed by atoms with Crippen LogP contribution in [0.2, 0.25) is 0 Å². The Labute approximate surface area is 143 Å². The number of aliphatic hydroxyl groups excluding tert-OH is 1. The van der Waals surface area contributed by atoms with E-state index in [1.807, 2.05) is 32.0 Å². The number of benzene rings is 1. The molecule has 1 fully saturated rings. The molecule has 0 aromatic heterocycles. The third kappa shape index (κ3) is 4.85. The van der Waals surface area contributed by atoms with E-state index in [4.69, 9.17) is 15.2 Å². The monoisotopic (exact) mass is 336 g/mol. The maximum Gasteiger partial charge on any atom is 0.223 e. The van der Waals surface area contributed by atoms with E-state index in [9.17, 15) is 9.90 Å². The van der Waals surface area contributed by atoms with Gasteiger partial charge in [-0.1, -0.05) is 6.07 Å². The first kappa shape index (κ1) is 18.5. The zero-order valence-corrected chi connectivity index (χ0v) is 14.6. The minimum absolute atomic E-state index is 0.0394. The van der Waals surface area contributed by atoms with E-state index < -0.39 is 6.10 Å². The number of carbonyl (C=O) groups excluding carboxylic acids is 1. The molecule has 0 heterocycles. The van der Waals surface area contributed by atoms with Crippen LogP contribution >= 0.6 is 0 Å². The second-order valence-corrected chi connectivity index (χ2v) is 6.61. The summed E-state index contributed by atoms with van der Waals surface area (Å²) < 4.78 is 11.0. The number of methoxy groups -OCH3 is 1. The molecular formula is C18H28N2O4. The van der Waals surface area contributed by atoms with Crippen LogP contribution in [0.15, 0.2) is 18.2 Å². The summed E-state index contributed by atoms with van der Waals surface area (Å²) in [6, 6.07) is 5.41. The second-order valence-electron chi connectivity index (χ2n) is 6.61. The first-order valence-electron chi connectivity index (χ1n) is 8.45. The lowest BCUT2D eigenvalue weighted by Crippen LogP contribution is -2.44. The van der Waals surface area contributed by atoms with Crippen LogP contribution in [0.3, 0.4) is 0 Å². The van der Waals surface area contributed by atoms with Gasteiger partial charge in [0.05, 0.1) is 19.3 Å². The molecule has 2 rings (SSSR count). The molecular weight excluding hydrogens is 308 g/mol. The van der Waals surface area contributed by atoms with Gasteiger partial charge in [-0.25, -0.2) is 0 Å². The smallest absolute Gasteiger partial charge is 0.223 e. The average Bonchev–Trinajstić information content (AvgIpc) is 2.55. The third-order valence-corrected chi connectivity index (χ3v) is 4.30. The number of hydrogen-bond acceptors (Lipinski definition) is 5. The van der Waals surface area contributed by atoms with Gasteiger partial charge in [-0.3, -0.25) is 4.79 Å². The summed E-state index contributed by atoms with van der Waals surface area (Å²) in [6.07, 6.45) is 1.29. The van der Waals surface area contributed by atoms with Crippen molar-refractivity contribution >= 4 is 5.91 Å². The van der Waals surface area contributed by atoms with Gasteiger partial charge in [-0.05, 0) is 50.8 Å². The molecule has 1 amide bonds. The number of aliphatic hydroxyl groups is 1. The topological polar surface area (TPSA) is 93.8 Å². The van der Waals surface area contributed by atoms with Gasteiger partial charge in [0.2, 0.25) is 5.91 Å². The molecule has 0 saturated heterocycles. The summed E-state index contributed by atoms with van der Waals surface area (Å²) in [4.78, 5) is 12.3. The van der Waals surface area contributed by atoms with Gasteiger partial charge in [0.25, 0.3) is 0 Å². The number of nitrogens with one attached hydrogen (secondary N) is 1. The maximum atomic E-state index is 12.3. The molecule has 24 heavy (non-hydrogen) atoms. The van der Waals surface area contributed by atoms with Crippen LogP contribution < -0.4 is 20.5 Å². The predicted octanol–water partition coefficient (Wildman–Crippen LogP) is 1.59. The molecule has 1 aliphatic rings. The Morgan fingerprint density at radius 1 is 1.38 bits per heavy atom. The Balaban J connectivity index is 1.93. The van der Waals surface area contributed by atoms with Crippen LogP contribution in [0, 0.1) is 5.92 Å². The van der Waals surface area contributed by atoms with Crippen LogP contribution in [-0.2, 0) is 11.3 Å². The zero-order chi connectivity index (χ0) is 17.7. The summed E-state index contributed by atoms with van der Waals surface area (Å²) in [7, 11) is 1.59. The molecule has 6 heteroatoms. The summed E-state index contributed by atoms with van der Waals surface area (Å²) in [6.45, 7) is 4.33. The van der Waals surface area contributed by atoms with E-state index in [0.717, 1.165) is 5.56 Å². The lowest BCUT2D eigenvalue weighted by atomic mass is 9.84. The number of ether oxygens (including phenoxy) is 2. The predicted molar refractivity (Wildman–Crippen MR) is 91.9 cm³/mol. The Morgan fingerprint density at radius 2 is 2.12 bits per heavy atom. The van der Waals surface area contributed by atoms with Gasteiger partial charge in [-0.15, -0.1) is 0 Å². The molecule has 1 aromatic carbocycles. The molecule has 1 aliphatic carbocycles.